The third-order valence-electron chi connectivity index (χ3n) is 2.50. The number of carbonyl (C=O) groups is 1. The molecule has 94 valence electrons. The molecule has 1 aliphatic carbocycles. The number of hydrogen-bond acceptors (Lipinski definition) is 4. The van der Waals surface area contributed by atoms with Crippen LogP contribution in [0.15, 0.2) is 34.9 Å². The average molecular weight is 238 g/mol. The van der Waals surface area contributed by atoms with Crippen LogP contribution < -0.4 is 0 Å². The smallest absolute Gasteiger partial charge is 0.334 e. The molecule has 0 unspecified atom stereocenters. The van der Waals surface area contributed by atoms with Crippen LogP contribution >= 0.6 is 0 Å². The first-order valence-electron chi connectivity index (χ1n) is 5.39. The molecule has 0 atom stereocenters. The average Bonchev–Trinajstić information content (AvgIpc) is 2.76. The van der Waals surface area contributed by atoms with Crippen LogP contribution in [0.25, 0.3) is 0 Å². The molecule has 0 saturated heterocycles. The quantitative estimate of drug-likeness (QED) is 0.683. The van der Waals surface area contributed by atoms with Gasteiger partial charge < -0.3 is 14.2 Å². The fraction of sp³-hybridized carbons (Fsp3) is 0.462. The molecule has 0 aromatic carbocycles. The van der Waals surface area contributed by atoms with Gasteiger partial charge in [0.1, 0.15) is 0 Å². The van der Waals surface area contributed by atoms with Crippen molar-refractivity contribution in [2.75, 3.05) is 34.5 Å². The highest BCUT2D eigenvalue weighted by atomic mass is 16.5. The van der Waals surface area contributed by atoms with E-state index in [2.05, 4.69) is 0 Å². The monoisotopic (exact) mass is 238 g/mol. The SMILES string of the molecule is COC/C=C1/C=C(C(=O)OC)C/C1=C/COC. The summed E-state index contributed by atoms with van der Waals surface area (Å²) in [5, 5.41) is 0. The molecule has 0 bridgehead atoms. The molecule has 0 N–H and O–H groups in total. The number of rotatable bonds is 5. The second kappa shape index (κ2) is 7.04. The van der Waals surface area contributed by atoms with E-state index in [4.69, 9.17) is 14.2 Å². The van der Waals surface area contributed by atoms with Crippen molar-refractivity contribution in [3.8, 4) is 0 Å². The summed E-state index contributed by atoms with van der Waals surface area (Å²) in [5.41, 5.74) is 2.74. The van der Waals surface area contributed by atoms with Gasteiger partial charge in [-0.15, -0.1) is 0 Å². The number of methoxy groups -OCH3 is 3. The maximum Gasteiger partial charge on any atom is 0.334 e. The zero-order chi connectivity index (χ0) is 12.7. The topological polar surface area (TPSA) is 44.8 Å². The Bertz CT molecular complexity index is 364. The van der Waals surface area contributed by atoms with Gasteiger partial charge in [-0.1, -0.05) is 12.2 Å². The lowest BCUT2D eigenvalue weighted by Crippen LogP contribution is -2.02. The van der Waals surface area contributed by atoms with E-state index in [0.29, 0.717) is 25.2 Å². The molecule has 0 spiro atoms. The van der Waals surface area contributed by atoms with Gasteiger partial charge in [-0.2, -0.15) is 0 Å². The van der Waals surface area contributed by atoms with Crippen molar-refractivity contribution in [2.45, 2.75) is 6.42 Å². The van der Waals surface area contributed by atoms with E-state index in [9.17, 15) is 4.79 Å². The molecule has 0 saturated carbocycles. The lowest BCUT2D eigenvalue weighted by atomic mass is 10.1. The number of hydrogen-bond donors (Lipinski definition) is 0. The minimum atomic E-state index is -0.283. The van der Waals surface area contributed by atoms with Crippen molar-refractivity contribution < 1.29 is 19.0 Å². The van der Waals surface area contributed by atoms with Crippen molar-refractivity contribution in [3.05, 3.63) is 34.9 Å². The maximum atomic E-state index is 11.4. The predicted molar refractivity (Wildman–Crippen MR) is 64.6 cm³/mol. The standard InChI is InChI=1S/C13H18O4/c1-15-6-4-10-8-12(13(14)17-3)9-11(10)5-7-16-2/h4-5,8H,6-7,9H2,1-3H3/b10-4-,11-5-. The van der Waals surface area contributed by atoms with Gasteiger partial charge in [0.15, 0.2) is 0 Å². The lowest BCUT2D eigenvalue weighted by Gasteiger charge is -2.01. The second-order valence-corrected chi connectivity index (χ2v) is 3.64. The Hall–Kier alpha value is -1.39. The van der Waals surface area contributed by atoms with Crippen molar-refractivity contribution >= 4 is 5.97 Å². The third kappa shape index (κ3) is 3.84. The van der Waals surface area contributed by atoms with Crippen molar-refractivity contribution in [1.82, 2.24) is 0 Å². The summed E-state index contributed by atoms with van der Waals surface area (Å²) in [6.45, 7) is 1.05. The molecule has 0 amide bonds. The van der Waals surface area contributed by atoms with Gasteiger partial charge >= 0.3 is 5.97 Å². The third-order valence-corrected chi connectivity index (χ3v) is 2.50. The zero-order valence-electron chi connectivity index (χ0n) is 10.5. The van der Waals surface area contributed by atoms with Gasteiger partial charge in [-0.05, 0) is 17.2 Å². The molecule has 4 nitrogen and oxygen atoms in total. The van der Waals surface area contributed by atoms with Crippen LogP contribution in [-0.4, -0.2) is 40.5 Å². The van der Waals surface area contributed by atoms with E-state index in [1.54, 1.807) is 14.2 Å². The maximum absolute atomic E-state index is 11.4. The highest BCUT2D eigenvalue weighted by Gasteiger charge is 2.20. The first-order chi connectivity index (χ1) is 8.22. The van der Waals surface area contributed by atoms with E-state index in [1.165, 1.54) is 7.11 Å². The molecule has 0 radical (unpaired) electrons. The Morgan fingerprint density at radius 3 is 2.47 bits per heavy atom. The van der Waals surface area contributed by atoms with Crippen molar-refractivity contribution in [3.63, 3.8) is 0 Å². The lowest BCUT2D eigenvalue weighted by molar-refractivity contribution is -0.136. The van der Waals surface area contributed by atoms with Crippen LogP contribution in [0.4, 0.5) is 0 Å². The molecular formula is C13H18O4. The Morgan fingerprint density at radius 1 is 1.24 bits per heavy atom. The summed E-state index contributed by atoms with van der Waals surface area (Å²) in [6.07, 6.45) is 6.34. The summed E-state index contributed by atoms with van der Waals surface area (Å²) in [4.78, 5) is 11.4. The summed E-state index contributed by atoms with van der Waals surface area (Å²) >= 11 is 0. The van der Waals surface area contributed by atoms with Crippen molar-refractivity contribution in [2.24, 2.45) is 0 Å². The molecule has 0 heterocycles. The minimum Gasteiger partial charge on any atom is -0.466 e. The van der Waals surface area contributed by atoms with Crippen LogP contribution in [0.1, 0.15) is 6.42 Å². The van der Waals surface area contributed by atoms with Gasteiger partial charge in [0.2, 0.25) is 0 Å². The van der Waals surface area contributed by atoms with Crippen LogP contribution in [0, 0.1) is 0 Å². The highest BCUT2D eigenvalue weighted by Crippen LogP contribution is 2.30. The summed E-state index contributed by atoms with van der Waals surface area (Å²) < 4.78 is 14.7. The zero-order valence-corrected chi connectivity index (χ0v) is 10.5. The fourth-order valence-electron chi connectivity index (χ4n) is 1.64. The molecular weight excluding hydrogens is 220 g/mol. The first-order valence-corrected chi connectivity index (χ1v) is 5.39. The van der Waals surface area contributed by atoms with Crippen LogP contribution in [-0.2, 0) is 19.0 Å². The highest BCUT2D eigenvalue weighted by molar-refractivity contribution is 5.91. The Morgan fingerprint density at radius 2 is 1.88 bits per heavy atom. The van der Waals surface area contributed by atoms with E-state index in [-0.39, 0.29) is 5.97 Å². The number of allylic oxidation sites excluding steroid dienone is 3. The Labute approximate surface area is 102 Å². The normalized spacial score (nSPS) is 19.8. The van der Waals surface area contributed by atoms with Crippen LogP contribution in [0.2, 0.25) is 0 Å². The Balaban J connectivity index is 2.85. The van der Waals surface area contributed by atoms with Crippen LogP contribution in [0.5, 0.6) is 0 Å². The largest absolute Gasteiger partial charge is 0.466 e. The predicted octanol–water partition coefficient (Wildman–Crippen LogP) is 1.64. The molecule has 0 aromatic rings. The molecule has 0 aliphatic heterocycles. The van der Waals surface area contributed by atoms with Gasteiger partial charge in [-0.3, -0.25) is 0 Å². The first kappa shape index (κ1) is 13.7. The van der Waals surface area contributed by atoms with E-state index in [1.807, 2.05) is 18.2 Å². The van der Waals surface area contributed by atoms with E-state index >= 15 is 0 Å². The molecule has 0 aromatic heterocycles. The van der Waals surface area contributed by atoms with Gasteiger partial charge in [0.25, 0.3) is 0 Å². The molecule has 0 fully saturated rings. The number of carbonyl (C=O) groups excluding carboxylic acids is 1. The Kier molecular flexibility index (Phi) is 5.66. The molecule has 4 heteroatoms. The van der Waals surface area contributed by atoms with Crippen molar-refractivity contribution in [1.29, 1.82) is 0 Å². The molecule has 17 heavy (non-hydrogen) atoms. The van der Waals surface area contributed by atoms with Gasteiger partial charge in [0.05, 0.1) is 20.3 Å². The van der Waals surface area contributed by atoms with E-state index < -0.39 is 0 Å². The second-order valence-electron chi connectivity index (χ2n) is 3.64. The summed E-state index contributed by atoms with van der Waals surface area (Å²) in [7, 11) is 4.66. The van der Waals surface area contributed by atoms with Gasteiger partial charge in [-0.25, -0.2) is 4.79 Å². The molecule has 1 rings (SSSR count). The van der Waals surface area contributed by atoms with Crippen LogP contribution in [0.3, 0.4) is 0 Å². The van der Waals surface area contributed by atoms with E-state index in [0.717, 1.165) is 11.1 Å². The molecule has 1 aliphatic rings. The number of esters is 1. The summed E-state index contributed by atoms with van der Waals surface area (Å²) in [6, 6.07) is 0. The van der Waals surface area contributed by atoms with Gasteiger partial charge in [0, 0.05) is 26.2 Å². The summed E-state index contributed by atoms with van der Waals surface area (Å²) in [5.74, 6) is -0.283. The fourth-order valence-corrected chi connectivity index (χ4v) is 1.64. The number of ether oxygens (including phenoxy) is 3. The minimum absolute atomic E-state index is 0.283.